The summed E-state index contributed by atoms with van der Waals surface area (Å²) in [5.41, 5.74) is 2.71. The van der Waals surface area contributed by atoms with Crippen LogP contribution in [0.5, 0.6) is 0 Å². The lowest BCUT2D eigenvalue weighted by atomic mass is 10.1. The first-order valence-electron chi connectivity index (χ1n) is 9.36. The first-order chi connectivity index (χ1) is 13.4. The molecule has 0 spiro atoms. The maximum Gasteiger partial charge on any atom is 0.279 e. The third-order valence-electron chi connectivity index (χ3n) is 4.73. The molecule has 0 bridgehead atoms. The summed E-state index contributed by atoms with van der Waals surface area (Å²) < 4.78 is 26.8. The van der Waals surface area contributed by atoms with Gasteiger partial charge in [0.25, 0.3) is 5.91 Å². The average Bonchev–Trinajstić information content (AvgIpc) is 3.01. The van der Waals surface area contributed by atoms with Crippen LogP contribution >= 0.6 is 11.3 Å². The minimum Gasteiger partial charge on any atom is -0.319 e. The zero-order chi connectivity index (χ0) is 20.3. The largest absolute Gasteiger partial charge is 0.319 e. The minimum atomic E-state index is -3.28. The summed E-state index contributed by atoms with van der Waals surface area (Å²) in [5.74, 6) is -0.350. The van der Waals surface area contributed by atoms with Gasteiger partial charge in [0, 0.05) is 12.6 Å². The number of thiazole rings is 1. The molecule has 5 nitrogen and oxygen atoms in total. The van der Waals surface area contributed by atoms with Crippen LogP contribution in [0.3, 0.4) is 0 Å². The van der Waals surface area contributed by atoms with Gasteiger partial charge in [-0.05, 0) is 54.8 Å². The first kappa shape index (κ1) is 20.5. The first-order valence-corrected chi connectivity index (χ1v) is 11.8. The molecule has 1 aromatic heterocycles. The molecule has 0 N–H and O–H groups in total. The van der Waals surface area contributed by atoms with Crippen LogP contribution in [0.2, 0.25) is 0 Å². The Balaban J connectivity index is 1.93. The molecule has 0 aliphatic rings. The Morgan fingerprint density at radius 3 is 2.46 bits per heavy atom. The van der Waals surface area contributed by atoms with Crippen LogP contribution < -0.4 is 4.80 Å². The van der Waals surface area contributed by atoms with Crippen molar-refractivity contribution >= 4 is 37.3 Å². The lowest BCUT2D eigenvalue weighted by molar-refractivity contribution is 0.0998. The number of amides is 1. The normalized spacial score (nSPS) is 12.6. The maximum atomic E-state index is 12.6. The number of sulfone groups is 1. The highest BCUT2D eigenvalue weighted by Crippen LogP contribution is 2.20. The van der Waals surface area contributed by atoms with Crippen LogP contribution in [0.4, 0.5) is 0 Å². The molecular formula is C21H24N2O3S2. The van der Waals surface area contributed by atoms with E-state index in [-0.39, 0.29) is 16.6 Å². The number of unbranched alkanes of at least 4 members (excludes halogenated alkanes) is 1. The van der Waals surface area contributed by atoms with Crippen LogP contribution in [0, 0.1) is 0 Å². The lowest BCUT2D eigenvalue weighted by Gasteiger charge is -2.02. The van der Waals surface area contributed by atoms with E-state index < -0.39 is 9.84 Å². The number of hydrogen-bond donors (Lipinski definition) is 0. The van der Waals surface area contributed by atoms with Gasteiger partial charge in [0.1, 0.15) is 0 Å². The molecular weight excluding hydrogens is 392 g/mol. The molecule has 0 saturated carbocycles. The second-order valence-corrected chi connectivity index (χ2v) is 9.98. The van der Waals surface area contributed by atoms with Crippen LogP contribution in [0.25, 0.3) is 10.2 Å². The molecule has 0 radical (unpaired) electrons. The van der Waals surface area contributed by atoms with Crippen molar-refractivity contribution in [1.82, 2.24) is 4.57 Å². The third-order valence-corrected chi connectivity index (χ3v) is 7.58. The van der Waals surface area contributed by atoms with Crippen LogP contribution in [0.1, 0.15) is 42.6 Å². The molecule has 0 saturated heterocycles. The van der Waals surface area contributed by atoms with Crippen LogP contribution in [-0.2, 0) is 23.3 Å². The average molecular weight is 417 g/mol. The van der Waals surface area contributed by atoms with Crippen molar-refractivity contribution in [3.63, 3.8) is 0 Å². The van der Waals surface area contributed by atoms with E-state index in [2.05, 4.69) is 30.1 Å². The van der Waals surface area contributed by atoms with Crippen molar-refractivity contribution in [2.24, 2.45) is 12.0 Å². The summed E-state index contributed by atoms with van der Waals surface area (Å²) in [4.78, 5) is 17.7. The molecule has 28 heavy (non-hydrogen) atoms. The predicted octanol–water partition coefficient (Wildman–Crippen LogP) is 4.12. The summed E-state index contributed by atoms with van der Waals surface area (Å²) >= 11 is 1.49. The van der Waals surface area contributed by atoms with Crippen LogP contribution in [-0.4, -0.2) is 24.6 Å². The summed E-state index contributed by atoms with van der Waals surface area (Å²) in [6.07, 6.45) is 3.36. The Bertz CT molecular complexity index is 1170. The van der Waals surface area contributed by atoms with Gasteiger partial charge in [0.05, 0.1) is 20.9 Å². The number of rotatable bonds is 6. The van der Waals surface area contributed by atoms with E-state index >= 15 is 0 Å². The van der Waals surface area contributed by atoms with E-state index in [1.807, 2.05) is 11.6 Å². The summed E-state index contributed by atoms with van der Waals surface area (Å²) in [6, 6.07) is 12.3. The Hall–Kier alpha value is -2.25. The van der Waals surface area contributed by atoms with E-state index in [0.29, 0.717) is 10.4 Å². The zero-order valence-electron chi connectivity index (χ0n) is 16.3. The zero-order valence-corrected chi connectivity index (χ0v) is 17.9. The quantitative estimate of drug-likeness (QED) is 0.607. The molecule has 2 aromatic carbocycles. The third kappa shape index (κ3) is 4.25. The van der Waals surface area contributed by atoms with Crippen molar-refractivity contribution in [3.8, 4) is 0 Å². The highest BCUT2D eigenvalue weighted by atomic mass is 32.2. The van der Waals surface area contributed by atoms with Crippen molar-refractivity contribution in [3.05, 3.63) is 58.4 Å². The Kier molecular flexibility index (Phi) is 6.15. The van der Waals surface area contributed by atoms with Crippen molar-refractivity contribution in [2.45, 2.75) is 38.0 Å². The topological polar surface area (TPSA) is 68.5 Å². The highest BCUT2D eigenvalue weighted by molar-refractivity contribution is 7.91. The van der Waals surface area contributed by atoms with Crippen molar-refractivity contribution in [2.75, 3.05) is 5.75 Å². The number of carbonyl (C=O) groups is 1. The SMILES string of the molecule is CCCCc1ccc2c(c1)sc(=NC(=O)c1ccc(S(=O)(=O)CC)cc1)n2C. The second kappa shape index (κ2) is 8.41. The lowest BCUT2D eigenvalue weighted by Crippen LogP contribution is -2.13. The molecule has 3 aromatic rings. The number of carbonyl (C=O) groups excluding carboxylic acids is 1. The molecule has 148 valence electrons. The molecule has 0 fully saturated rings. The van der Waals surface area contributed by atoms with Gasteiger partial charge in [-0.1, -0.05) is 37.7 Å². The number of benzene rings is 2. The molecule has 0 unspecified atom stereocenters. The molecule has 0 atom stereocenters. The fourth-order valence-electron chi connectivity index (χ4n) is 2.94. The van der Waals surface area contributed by atoms with Gasteiger partial charge in [-0.15, -0.1) is 0 Å². The van der Waals surface area contributed by atoms with Gasteiger partial charge in [0.15, 0.2) is 14.6 Å². The van der Waals surface area contributed by atoms with E-state index in [1.165, 1.54) is 41.2 Å². The van der Waals surface area contributed by atoms with Crippen molar-refractivity contribution < 1.29 is 13.2 Å². The Morgan fingerprint density at radius 2 is 1.82 bits per heavy atom. The fraction of sp³-hybridized carbons (Fsp3) is 0.333. The Morgan fingerprint density at radius 1 is 1.11 bits per heavy atom. The van der Waals surface area contributed by atoms with Gasteiger partial charge in [-0.25, -0.2) is 8.42 Å². The molecule has 1 amide bonds. The second-order valence-electron chi connectivity index (χ2n) is 6.69. The maximum absolute atomic E-state index is 12.6. The number of aryl methyl sites for hydroxylation is 2. The number of hydrogen-bond acceptors (Lipinski definition) is 4. The standard InChI is InChI=1S/C21H24N2O3S2/c1-4-6-7-15-8-13-18-19(14-15)27-21(23(18)3)22-20(24)16-9-11-17(12-10-16)28(25,26)5-2/h8-14H,4-7H2,1-3H3. The van der Waals surface area contributed by atoms with Gasteiger partial charge in [0.2, 0.25) is 0 Å². The molecule has 1 heterocycles. The minimum absolute atomic E-state index is 0.0303. The Labute approximate surface area is 169 Å². The van der Waals surface area contributed by atoms with Gasteiger partial charge in [-0.2, -0.15) is 4.99 Å². The van der Waals surface area contributed by atoms with Gasteiger partial charge >= 0.3 is 0 Å². The summed E-state index contributed by atoms with van der Waals surface area (Å²) in [6.45, 7) is 3.77. The smallest absolute Gasteiger partial charge is 0.279 e. The summed E-state index contributed by atoms with van der Waals surface area (Å²) in [7, 11) is -1.38. The monoisotopic (exact) mass is 416 g/mol. The number of aromatic nitrogens is 1. The van der Waals surface area contributed by atoms with Gasteiger partial charge < -0.3 is 4.57 Å². The van der Waals surface area contributed by atoms with E-state index in [0.717, 1.165) is 29.5 Å². The molecule has 0 aliphatic carbocycles. The number of fused-ring (bicyclic) bond motifs is 1. The van der Waals surface area contributed by atoms with E-state index in [1.54, 1.807) is 6.92 Å². The summed E-state index contributed by atoms with van der Waals surface area (Å²) in [5, 5.41) is 0. The fourth-order valence-corrected chi connectivity index (χ4v) is 4.91. The number of nitrogens with zero attached hydrogens (tertiary/aromatic N) is 2. The predicted molar refractivity (Wildman–Crippen MR) is 113 cm³/mol. The molecule has 0 aliphatic heterocycles. The molecule has 7 heteroatoms. The van der Waals surface area contributed by atoms with Crippen molar-refractivity contribution in [1.29, 1.82) is 0 Å². The highest BCUT2D eigenvalue weighted by Gasteiger charge is 2.13. The van der Waals surface area contributed by atoms with E-state index in [9.17, 15) is 13.2 Å². The van der Waals surface area contributed by atoms with Gasteiger partial charge in [-0.3, -0.25) is 4.79 Å². The van der Waals surface area contributed by atoms with Crippen LogP contribution in [0.15, 0.2) is 52.4 Å². The molecule has 3 rings (SSSR count). The van der Waals surface area contributed by atoms with E-state index in [4.69, 9.17) is 0 Å².